The minimum absolute atomic E-state index is 0.0576. The van der Waals surface area contributed by atoms with Gasteiger partial charge in [-0.15, -0.1) is 0 Å². The molecule has 0 fully saturated rings. The summed E-state index contributed by atoms with van der Waals surface area (Å²) in [5.74, 6) is -0.0916. The predicted octanol–water partition coefficient (Wildman–Crippen LogP) is 3.92. The second kappa shape index (κ2) is 10.1. The molecule has 0 unspecified atom stereocenters. The molecule has 8 heteroatoms. The fourth-order valence-corrected chi connectivity index (χ4v) is 2.76. The van der Waals surface area contributed by atoms with Gasteiger partial charge in [-0.1, -0.05) is 35.9 Å². The van der Waals surface area contributed by atoms with Gasteiger partial charge in [0.15, 0.2) is 11.5 Å². The Morgan fingerprint density at radius 1 is 1.19 bits per heavy atom. The number of amides is 1. The highest BCUT2D eigenvalue weighted by Crippen LogP contribution is 2.29. The van der Waals surface area contributed by atoms with Crippen molar-refractivity contribution in [1.29, 1.82) is 0 Å². The van der Waals surface area contributed by atoms with Crippen LogP contribution in [0.2, 0.25) is 5.02 Å². The topological polar surface area (TPSA) is 59.6 Å². The molecule has 27 heavy (non-hydrogen) atoms. The third-order valence-electron chi connectivity index (χ3n) is 3.87. The first-order valence-corrected chi connectivity index (χ1v) is 8.64. The molecule has 0 aliphatic carbocycles. The Kier molecular flexibility index (Phi) is 7.82. The summed E-state index contributed by atoms with van der Waals surface area (Å²) in [5, 5.41) is 6.49. The Hall–Kier alpha value is -2.38. The number of hydrogen-bond donors (Lipinski definition) is 2. The van der Waals surface area contributed by atoms with Crippen LogP contribution in [0.1, 0.15) is 24.1 Å². The Bertz CT molecular complexity index is 774. The summed E-state index contributed by atoms with van der Waals surface area (Å²) < 4.78 is 34.1. The van der Waals surface area contributed by atoms with Crippen LogP contribution in [0, 0.1) is 0 Å². The molecule has 0 heterocycles. The van der Waals surface area contributed by atoms with E-state index < -0.39 is 6.61 Å². The highest BCUT2D eigenvalue weighted by Gasteiger charge is 2.13. The van der Waals surface area contributed by atoms with E-state index in [2.05, 4.69) is 15.4 Å². The summed E-state index contributed by atoms with van der Waals surface area (Å²) >= 11 is 6.14. The maximum atomic E-state index is 12.3. The number of methoxy groups -OCH3 is 1. The molecule has 0 spiro atoms. The number of carbonyl (C=O) groups excluding carboxylic acids is 1. The molecular formula is C19H21ClF2N2O3. The van der Waals surface area contributed by atoms with Crippen molar-refractivity contribution in [3.63, 3.8) is 0 Å². The van der Waals surface area contributed by atoms with Crippen molar-refractivity contribution in [2.45, 2.75) is 26.1 Å². The molecular weight excluding hydrogens is 378 g/mol. The van der Waals surface area contributed by atoms with Crippen LogP contribution in [0.4, 0.5) is 8.78 Å². The van der Waals surface area contributed by atoms with E-state index in [0.717, 1.165) is 5.56 Å². The summed E-state index contributed by atoms with van der Waals surface area (Å²) in [6.45, 7) is -0.681. The molecule has 2 rings (SSSR count). The van der Waals surface area contributed by atoms with Crippen LogP contribution in [-0.4, -0.2) is 26.2 Å². The average molecular weight is 399 g/mol. The first-order valence-electron chi connectivity index (χ1n) is 8.27. The average Bonchev–Trinajstić information content (AvgIpc) is 2.65. The van der Waals surface area contributed by atoms with Crippen molar-refractivity contribution in [1.82, 2.24) is 10.6 Å². The highest BCUT2D eigenvalue weighted by atomic mass is 35.5. The molecule has 2 aromatic rings. The number of halogens is 3. The maximum absolute atomic E-state index is 12.3. The third-order valence-corrected chi connectivity index (χ3v) is 4.22. The normalized spacial score (nSPS) is 11.9. The number of ether oxygens (including phenoxy) is 2. The summed E-state index contributed by atoms with van der Waals surface area (Å²) in [5.41, 5.74) is 1.60. The van der Waals surface area contributed by atoms with E-state index in [1.165, 1.54) is 19.2 Å². The Morgan fingerprint density at radius 2 is 1.93 bits per heavy atom. The van der Waals surface area contributed by atoms with Crippen LogP contribution in [0.5, 0.6) is 11.5 Å². The highest BCUT2D eigenvalue weighted by molar-refractivity contribution is 6.31. The molecule has 0 aromatic heterocycles. The smallest absolute Gasteiger partial charge is 0.387 e. The minimum Gasteiger partial charge on any atom is -0.493 e. The lowest BCUT2D eigenvalue weighted by Crippen LogP contribution is -2.34. The van der Waals surface area contributed by atoms with E-state index in [1.807, 2.05) is 25.1 Å². The lowest BCUT2D eigenvalue weighted by molar-refractivity contribution is -0.120. The van der Waals surface area contributed by atoms with Crippen molar-refractivity contribution in [2.24, 2.45) is 0 Å². The molecule has 0 bridgehead atoms. The van der Waals surface area contributed by atoms with E-state index in [4.69, 9.17) is 16.3 Å². The van der Waals surface area contributed by atoms with E-state index in [0.29, 0.717) is 10.6 Å². The molecule has 2 aromatic carbocycles. The van der Waals surface area contributed by atoms with Crippen LogP contribution in [-0.2, 0) is 11.3 Å². The standard InChI is InChI=1S/C19H21ClF2N2O3/c1-12(14-5-3-4-6-15(14)20)23-11-18(25)24-10-13-7-8-16(27-19(21)22)17(9-13)26-2/h3-9,12,19,23H,10-11H2,1-2H3,(H,24,25)/t12-/m1/s1. The van der Waals surface area contributed by atoms with Gasteiger partial charge in [0.2, 0.25) is 5.91 Å². The molecule has 0 aliphatic heterocycles. The fraction of sp³-hybridized carbons (Fsp3) is 0.316. The fourth-order valence-electron chi connectivity index (χ4n) is 2.46. The number of benzene rings is 2. The van der Waals surface area contributed by atoms with E-state index in [9.17, 15) is 13.6 Å². The number of carbonyl (C=O) groups is 1. The molecule has 5 nitrogen and oxygen atoms in total. The van der Waals surface area contributed by atoms with Gasteiger partial charge in [0.1, 0.15) is 0 Å². The molecule has 0 radical (unpaired) electrons. The van der Waals surface area contributed by atoms with E-state index >= 15 is 0 Å². The molecule has 2 N–H and O–H groups in total. The van der Waals surface area contributed by atoms with E-state index in [-0.39, 0.29) is 36.5 Å². The van der Waals surface area contributed by atoms with Crippen LogP contribution < -0.4 is 20.1 Å². The minimum atomic E-state index is -2.93. The van der Waals surface area contributed by atoms with Gasteiger partial charge < -0.3 is 20.1 Å². The Morgan fingerprint density at radius 3 is 2.59 bits per heavy atom. The second-order valence-electron chi connectivity index (χ2n) is 5.76. The zero-order valence-corrected chi connectivity index (χ0v) is 15.7. The van der Waals surface area contributed by atoms with Crippen LogP contribution in [0.3, 0.4) is 0 Å². The molecule has 1 atom stereocenters. The van der Waals surface area contributed by atoms with Crippen LogP contribution in [0.25, 0.3) is 0 Å². The summed E-state index contributed by atoms with van der Waals surface area (Å²) in [6.07, 6.45) is 0. The van der Waals surface area contributed by atoms with Gasteiger partial charge in [0, 0.05) is 17.6 Å². The quantitative estimate of drug-likeness (QED) is 0.672. The molecule has 0 aliphatic rings. The molecule has 0 saturated heterocycles. The first-order chi connectivity index (χ1) is 12.9. The summed E-state index contributed by atoms with van der Waals surface area (Å²) in [6, 6.07) is 11.8. The van der Waals surface area contributed by atoms with Crippen molar-refractivity contribution in [2.75, 3.05) is 13.7 Å². The Labute approximate surface area is 161 Å². The largest absolute Gasteiger partial charge is 0.493 e. The predicted molar refractivity (Wildman–Crippen MR) is 99.3 cm³/mol. The van der Waals surface area contributed by atoms with Crippen molar-refractivity contribution in [3.8, 4) is 11.5 Å². The number of hydrogen-bond acceptors (Lipinski definition) is 4. The molecule has 1 amide bonds. The lowest BCUT2D eigenvalue weighted by atomic mass is 10.1. The zero-order valence-electron chi connectivity index (χ0n) is 15.0. The third kappa shape index (κ3) is 6.37. The first kappa shape index (κ1) is 20.9. The maximum Gasteiger partial charge on any atom is 0.387 e. The zero-order chi connectivity index (χ0) is 19.8. The van der Waals surface area contributed by atoms with Gasteiger partial charge in [0.05, 0.1) is 13.7 Å². The van der Waals surface area contributed by atoms with Gasteiger partial charge in [-0.25, -0.2) is 0 Å². The van der Waals surface area contributed by atoms with Crippen molar-refractivity contribution in [3.05, 3.63) is 58.6 Å². The SMILES string of the molecule is COc1cc(CNC(=O)CN[C@H](C)c2ccccc2Cl)ccc1OC(F)F. The molecule has 0 saturated carbocycles. The number of alkyl halides is 2. The van der Waals surface area contributed by atoms with Gasteiger partial charge in [-0.2, -0.15) is 8.78 Å². The van der Waals surface area contributed by atoms with E-state index in [1.54, 1.807) is 12.1 Å². The van der Waals surface area contributed by atoms with Gasteiger partial charge in [-0.3, -0.25) is 4.79 Å². The number of nitrogens with one attached hydrogen (secondary N) is 2. The molecule has 146 valence electrons. The van der Waals surface area contributed by atoms with Crippen molar-refractivity contribution < 1.29 is 23.0 Å². The Balaban J connectivity index is 1.85. The second-order valence-corrected chi connectivity index (χ2v) is 6.17. The van der Waals surface area contributed by atoms with Crippen molar-refractivity contribution >= 4 is 17.5 Å². The lowest BCUT2D eigenvalue weighted by Gasteiger charge is -2.16. The van der Waals surface area contributed by atoms with Crippen LogP contribution >= 0.6 is 11.6 Å². The monoisotopic (exact) mass is 398 g/mol. The van der Waals surface area contributed by atoms with Crippen LogP contribution in [0.15, 0.2) is 42.5 Å². The van der Waals surface area contributed by atoms with Gasteiger partial charge in [-0.05, 0) is 36.2 Å². The van der Waals surface area contributed by atoms with Gasteiger partial charge in [0.25, 0.3) is 0 Å². The summed E-state index contributed by atoms with van der Waals surface area (Å²) in [4.78, 5) is 12.0. The van der Waals surface area contributed by atoms with Gasteiger partial charge >= 0.3 is 6.61 Å². The summed E-state index contributed by atoms with van der Waals surface area (Å²) in [7, 11) is 1.36. The number of rotatable bonds is 9.